The molecule has 0 bridgehead atoms. The second-order valence-corrected chi connectivity index (χ2v) is 8.93. The molecule has 0 heterocycles. The molecule has 32 heavy (non-hydrogen) atoms. The van der Waals surface area contributed by atoms with Crippen LogP contribution in [0.25, 0.3) is 0 Å². The van der Waals surface area contributed by atoms with Crippen LogP contribution in [0.5, 0.6) is 11.5 Å². The molecule has 3 aromatic carbocycles. The second kappa shape index (κ2) is 9.88. The highest BCUT2D eigenvalue weighted by atomic mass is 35.5. The molecule has 1 amide bonds. The Labute approximate surface area is 193 Å². The maximum Gasteiger partial charge on any atom is 0.349 e. The number of carbonyl (C=O) groups excluding carboxylic acids is 2. The van der Waals surface area contributed by atoms with Gasteiger partial charge in [0.1, 0.15) is 11.5 Å². The van der Waals surface area contributed by atoms with Gasteiger partial charge < -0.3 is 14.8 Å². The molecule has 0 saturated heterocycles. The quantitative estimate of drug-likeness (QED) is 0.359. The average Bonchev–Trinajstić information content (AvgIpc) is 2.74. The van der Waals surface area contributed by atoms with Gasteiger partial charge in [-0.1, -0.05) is 50.1 Å². The molecule has 6 heteroatoms. The van der Waals surface area contributed by atoms with Gasteiger partial charge in [-0.05, 0) is 72.5 Å². The number of carbonyl (C=O) groups is 2. The maximum atomic E-state index is 12.4. The summed E-state index contributed by atoms with van der Waals surface area (Å²) in [6, 6.07) is 19.0. The number of halogens is 1. The van der Waals surface area contributed by atoms with E-state index in [4.69, 9.17) is 21.1 Å². The molecule has 3 aromatic rings. The van der Waals surface area contributed by atoms with E-state index in [1.165, 1.54) is 0 Å². The number of hydrogen-bond acceptors (Lipinski definition) is 4. The SMILES string of the molecule is Cc1ccc(OCC(=O)Oc2ccc(C(=O)Nc3ccc(Cl)cc3)cc2)c(C(C)(C)C)c1. The van der Waals surface area contributed by atoms with Crippen LogP contribution in [0.1, 0.15) is 42.3 Å². The molecular weight excluding hydrogens is 426 g/mol. The van der Waals surface area contributed by atoms with Gasteiger partial charge in [0, 0.05) is 16.3 Å². The van der Waals surface area contributed by atoms with Crippen molar-refractivity contribution in [1.29, 1.82) is 0 Å². The third kappa shape index (κ3) is 6.34. The molecule has 0 spiro atoms. The molecule has 166 valence electrons. The van der Waals surface area contributed by atoms with Crippen molar-refractivity contribution in [2.45, 2.75) is 33.1 Å². The number of esters is 1. The Morgan fingerprint density at radius 1 is 0.938 bits per heavy atom. The Hall–Kier alpha value is -3.31. The van der Waals surface area contributed by atoms with Gasteiger partial charge in [-0.3, -0.25) is 4.79 Å². The zero-order chi connectivity index (χ0) is 23.3. The van der Waals surface area contributed by atoms with E-state index in [1.54, 1.807) is 48.5 Å². The van der Waals surface area contributed by atoms with Crippen LogP contribution in [-0.4, -0.2) is 18.5 Å². The highest BCUT2D eigenvalue weighted by Crippen LogP contribution is 2.32. The first kappa shape index (κ1) is 23.4. The number of benzene rings is 3. The molecule has 0 aliphatic heterocycles. The minimum Gasteiger partial charge on any atom is -0.482 e. The first-order valence-electron chi connectivity index (χ1n) is 10.2. The Morgan fingerprint density at radius 2 is 1.59 bits per heavy atom. The van der Waals surface area contributed by atoms with E-state index in [1.807, 2.05) is 19.1 Å². The van der Waals surface area contributed by atoms with Crippen LogP contribution in [0, 0.1) is 6.92 Å². The Kier molecular flexibility index (Phi) is 7.21. The number of amides is 1. The van der Waals surface area contributed by atoms with Crippen LogP contribution in [0.2, 0.25) is 5.02 Å². The fraction of sp³-hybridized carbons (Fsp3) is 0.231. The van der Waals surface area contributed by atoms with Gasteiger partial charge in [0.15, 0.2) is 6.61 Å². The van der Waals surface area contributed by atoms with Crippen molar-refractivity contribution in [3.8, 4) is 11.5 Å². The Morgan fingerprint density at radius 3 is 2.22 bits per heavy atom. The fourth-order valence-electron chi connectivity index (χ4n) is 3.06. The van der Waals surface area contributed by atoms with Crippen molar-refractivity contribution in [2.24, 2.45) is 0 Å². The third-order valence-electron chi connectivity index (χ3n) is 4.74. The summed E-state index contributed by atoms with van der Waals surface area (Å²) in [4.78, 5) is 24.6. The monoisotopic (exact) mass is 451 g/mol. The van der Waals surface area contributed by atoms with Crippen molar-refractivity contribution >= 4 is 29.2 Å². The molecule has 0 aliphatic carbocycles. The molecule has 1 N–H and O–H groups in total. The zero-order valence-electron chi connectivity index (χ0n) is 18.6. The molecule has 0 radical (unpaired) electrons. The minimum atomic E-state index is -0.524. The summed E-state index contributed by atoms with van der Waals surface area (Å²) in [5.41, 5.74) is 3.11. The van der Waals surface area contributed by atoms with Gasteiger partial charge in [-0.2, -0.15) is 0 Å². The number of anilines is 1. The van der Waals surface area contributed by atoms with E-state index in [9.17, 15) is 9.59 Å². The summed E-state index contributed by atoms with van der Waals surface area (Å²) in [5.74, 6) is 0.197. The number of hydrogen-bond donors (Lipinski definition) is 1. The lowest BCUT2D eigenvalue weighted by Gasteiger charge is -2.23. The van der Waals surface area contributed by atoms with Crippen LogP contribution < -0.4 is 14.8 Å². The lowest BCUT2D eigenvalue weighted by molar-refractivity contribution is -0.136. The Balaban J connectivity index is 1.57. The van der Waals surface area contributed by atoms with E-state index < -0.39 is 5.97 Å². The van der Waals surface area contributed by atoms with Crippen LogP contribution in [0.4, 0.5) is 5.69 Å². The minimum absolute atomic E-state index is 0.117. The van der Waals surface area contributed by atoms with Crippen LogP contribution in [0.3, 0.4) is 0 Å². The summed E-state index contributed by atoms with van der Waals surface area (Å²) in [6.07, 6.45) is 0. The fourth-order valence-corrected chi connectivity index (χ4v) is 3.19. The largest absolute Gasteiger partial charge is 0.482 e. The van der Waals surface area contributed by atoms with E-state index in [0.717, 1.165) is 11.1 Å². The first-order chi connectivity index (χ1) is 15.1. The predicted octanol–water partition coefficient (Wildman–Crippen LogP) is 6.18. The van der Waals surface area contributed by atoms with Gasteiger partial charge in [0.25, 0.3) is 5.91 Å². The second-order valence-electron chi connectivity index (χ2n) is 8.50. The molecule has 5 nitrogen and oxygen atoms in total. The maximum absolute atomic E-state index is 12.4. The zero-order valence-corrected chi connectivity index (χ0v) is 19.3. The van der Waals surface area contributed by atoms with Gasteiger partial charge in [0.2, 0.25) is 0 Å². The summed E-state index contributed by atoms with van der Waals surface area (Å²) < 4.78 is 11.1. The molecule has 0 atom stereocenters. The summed E-state index contributed by atoms with van der Waals surface area (Å²) in [7, 11) is 0. The highest BCUT2D eigenvalue weighted by Gasteiger charge is 2.20. The van der Waals surface area contributed by atoms with Crippen molar-refractivity contribution in [3.63, 3.8) is 0 Å². The molecular formula is C26H26ClNO4. The molecule has 0 aliphatic rings. The summed E-state index contributed by atoms with van der Waals surface area (Å²) in [5, 5.41) is 3.37. The molecule has 0 unspecified atom stereocenters. The number of aryl methyl sites for hydroxylation is 1. The van der Waals surface area contributed by atoms with Crippen molar-refractivity contribution in [1.82, 2.24) is 0 Å². The lowest BCUT2D eigenvalue weighted by Crippen LogP contribution is -2.20. The van der Waals surface area contributed by atoms with Gasteiger partial charge in [-0.25, -0.2) is 4.79 Å². The predicted molar refractivity (Wildman–Crippen MR) is 127 cm³/mol. The normalized spacial score (nSPS) is 11.0. The number of ether oxygens (including phenoxy) is 2. The summed E-state index contributed by atoms with van der Waals surface area (Å²) >= 11 is 5.85. The first-order valence-corrected chi connectivity index (χ1v) is 10.6. The molecule has 0 aromatic heterocycles. The van der Waals surface area contributed by atoms with Crippen LogP contribution in [0.15, 0.2) is 66.7 Å². The van der Waals surface area contributed by atoms with Gasteiger partial charge >= 0.3 is 5.97 Å². The third-order valence-corrected chi connectivity index (χ3v) is 4.99. The Bertz CT molecular complexity index is 1100. The topological polar surface area (TPSA) is 64.6 Å². The van der Waals surface area contributed by atoms with E-state index in [0.29, 0.717) is 27.8 Å². The lowest BCUT2D eigenvalue weighted by atomic mass is 9.85. The van der Waals surface area contributed by atoms with E-state index >= 15 is 0 Å². The van der Waals surface area contributed by atoms with Crippen molar-refractivity contribution in [3.05, 3.63) is 88.4 Å². The van der Waals surface area contributed by atoms with Gasteiger partial charge in [-0.15, -0.1) is 0 Å². The van der Waals surface area contributed by atoms with Crippen LogP contribution in [-0.2, 0) is 10.2 Å². The van der Waals surface area contributed by atoms with Gasteiger partial charge in [0.05, 0.1) is 0 Å². The van der Waals surface area contributed by atoms with Crippen molar-refractivity contribution < 1.29 is 19.1 Å². The van der Waals surface area contributed by atoms with Crippen molar-refractivity contribution in [2.75, 3.05) is 11.9 Å². The molecule has 0 fully saturated rings. The standard InChI is InChI=1S/C26H26ClNO4/c1-17-5-14-23(22(15-17)26(2,3)4)31-16-24(29)32-21-12-6-18(7-13-21)25(30)28-20-10-8-19(27)9-11-20/h5-15H,16H2,1-4H3,(H,28,30). The molecule has 0 saturated carbocycles. The van der Waals surface area contributed by atoms with Crippen LogP contribution >= 0.6 is 11.6 Å². The number of rotatable bonds is 6. The number of nitrogens with one attached hydrogen (secondary N) is 1. The summed E-state index contributed by atoms with van der Waals surface area (Å²) in [6.45, 7) is 8.09. The van der Waals surface area contributed by atoms with E-state index in [-0.39, 0.29) is 17.9 Å². The smallest absolute Gasteiger partial charge is 0.349 e. The van der Waals surface area contributed by atoms with E-state index in [2.05, 4.69) is 32.2 Å². The average molecular weight is 452 g/mol. The molecule has 3 rings (SSSR count). The highest BCUT2D eigenvalue weighted by molar-refractivity contribution is 6.30.